The van der Waals surface area contributed by atoms with Crippen molar-refractivity contribution in [1.29, 1.82) is 0 Å². The average molecular weight is 253 g/mol. The second-order valence-corrected chi connectivity index (χ2v) is 4.54. The fraction of sp³-hybridized carbons (Fsp3) is 0.818. The number of hydrogen-bond acceptors (Lipinski definition) is 2. The Morgan fingerprint density at radius 3 is 2.20 bits per heavy atom. The lowest BCUT2D eigenvalue weighted by Gasteiger charge is -2.10. The van der Waals surface area contributed by atoms with Crippen LogP contribution in [0.15, 0.2) is 0 Å². The summed E-state index contributed by atoms with van der Waals surface area (Å²) in [5, 5.41) is -0.740. The lowest BCUT2D eigenvalue weighted by molar-refractivity contribution is -0.116. The fourth-order valence-electron chi connectivity index (χ4n) is 1.48. The number of unbranched alkanes of at least 4 members (excludes halogenated alkanes) is 3. The summed E-state index contributed by atoms with van der Waals surface area (Å²) in [7, 11) is 0. The van der Waals surface area contributed by atoms with Crippen LogP contribution in [0.2, 0.25) is 0 Å². The van der Waals surface area contributed by atoms with Gasteiger partial charge in [0, 0.05) is 12.3 Å². The molecule has 88 valence electrons. The van der Waals surface area contributed by atoms with Crippen molar-refractivity contribution < 1.29 is 9.59 Å². The molecule has 0 aromatic carbocycles. The summed E-state index contributed by atoms with van der Waals surface area (Å²) in [6, 6.07) is 0. The zero-order chi connectivity index (χ0) is 11.7. The number of rotatable bonds is 9. The quantitative estimate of drug-likeness (QED) is 0.461. The van der Waals surface area contributed by atoms with Crippen LogP contribution < -0.4 is 0 Å². The van der Waals surface area contributed by atoms with Gasteiger partial charge in [-0.2, -0.15) is 0 Å². The topological polar surface area (TPSA) is 34.1 Å². The van der Waals surface area contributed by atoms with Gasteiger partial charge in [-0.25, -0.2) is 0 Å². The highest BCUT2D eigenvalue weighted by atomic mass is 35.5. The molecule has 15 heavy (non-hydrogen) atoms. The summed E-state index contributed by atoms with van der Waals surface area (Å²) in [5.41, 5.74) is 0. The molecular formula is C11H18Cl2O2. The van der Waals surface area contributed by atoms with Gasteiger partial charge in [-0.15, -0.1) is 0 Å². The lowest BCUT2D eigenvalue weighted by atomic mass is 9.97. The minimum absolute atomic E-state index is 0.203. The standard InChI is InChI=1S/C11H18Cl2O2/c1-2-3-4-5-6-9(11(13)15)7-8-10(12)14/h9H,2-8H2,1H3. The molecule has 0 saturated heterocycles. The molecule has 0 amide bonds. The first-order valence-electron chi connectivity index (χ1n) is 5.45. The van der Waals surface area contributed by atoms with Gasteiger partial charge in [0.1, 0.15) is 0 Å². The summed E-state index contributed by atoms with van der Waals surface area (Å²) in [4.78, 5) is 21.6. The van der Waals surface area contributed by atoms with Crippen molar-refractivity contribution in [1.82, 2.24) is 0 Å². The number of halogens is 2. The third-order valence-electron chi connectivity index (χ3n) is 2.42. The first-order valence-corrected chi connectivity index (χ1v) is 6.21. The molecule has 0 aromatic rings. The van der Waals surface area contributed by atoms with Gasteiger partial charge in [0.25, 0.3) is 0 Å². The molecule has 0 N–H and O–H groups in total. The predicted molar refractivity (Wildman–Crippen MR) is 63.2 cm³/mol. The van der Waals surface area contributed by atoms with Crippen LogP contribution in [0.3, 0.4) is 0 Å². The molecule has 0 fully saturated rings. The Morgan fingerprint density at radius 2 is 1.73 bits per heavy atom. The van der Waals surface area contributed by atoms with Crippen molar-refractivity contribution in [2.75, 3.05) is 0 Å². The van der Waals surface area contributed by atoms with Gasteiger partial charge in [0.2, 0.25) is 10.5 Å². The van der Waals surface area contributed by atoms with Crippen LogP contribution in [-0.4, -0.2) is 10.5 Å². The van der Waals surface area contributed by atoms with E-state index in [1.54, 1.807) is 0 Å². The largest absolute Gasteiger partial charge is 0.281 e. The van der Waals surface area contributed by atoms with Crippen molar-refractivity contribution in [3.63, 3.8) is 0 Å². The molecule has 0 aromatic heterocycles. The van der Waals surface area contributed by atoms with Crippen LogP contribution in [0.4, 0.5) is 0 Å². The van der Waals surface area contributed by atoms with Crippen LogP contribution in [0.25, 0.3) is 0 Å². The minimum Gasteiger partial charge on any atom is -0.281 e. The molecule has 2 nitrogen and oxygen atoms in total. The van der Waals surface area contributed by atoms with E-state index in [0.29, 0.717) is 6.42 Å². The molecule has 0 heterocycles. The summed E-state index contributed by atoms with van der Waals surface area (Å²) in [6.07, 6.45) is 5.94. The zero-order valence-corrected chi connectivity index (χ0v) is 10.6. The van der Waals surface area contributed by atoms with Gasteiger partial charge in [-0.1, -0.05) is 32.6 Å². The Balaban J connectivity index is 3.73. The van der Waals surface area contributed by atoms with Crippen LogP contribution >= 0.6 is 23.2 Å². The maximum atomic E-state index is 11.0. The highest BCUT2D eigenvalue weighted by Crippen LogP contribution is 2.19. The van der Waals surface area contributed by atoms with Crippen molar-refractivity contribution in [3.05, 3.63) is 0 Å². The molecule has 0 saturated carbocycles. The van der Waals surface area contributed by atoms with Crippen molar-refractivity contribution in [2.45, 2.75) is 51.9 Å². The monoisotopic (exact) mass is 252 g/mol. The predicted octanol–water partition coefficient (Wildman–Crippen LogP) is 3.88. The maximum Gasteiger partial charge on any atom is 0.224 e. The van der Waals surface area contributed by atoms with Crippen LogP contribution in [0, 0.1) is 5.92 Å². The van der Waals surface area contributed by atoms with Crippen LogP contribution in [-0.2, 0) is 9.59 Å². The Hall–Kier alpha value is -0.0800. The molecule has 0 spiro atoms. The molecule has 1 atom stereocenters. The maximum absolute atomic E-state index is 11.0. The molecule has 0 radical (unpaired) electrons. The molecule has 1 unspecified atom stereocenters. The SMILES string of the molecule is CCCCCCC(CCC(=O)Cl)C(=O)Cl. The van der Waals surface area contributed by atoms with Gasteiger partial charge in [-0.3, -0.25) is 9.59 Å². The smallest absolute Gasteiger partial charge is 0.224 e. The van der Waals surface area contributed by atoms with Crippen LogP contribution in [0.1, 0.15) is 51.9 Å². The van der Waals surface area contributed by atoms with Crippen molar-refractivity contribution >= 4 is 33.7 Å². The van der Waals surface area contributed by atoms with Crippen molar-refractivity contribution in [3.8, 4) is 0 Å². The van der Waals surface area contributed by atoms with E-state index in [9.17, 15) is 9.59 Å². The van der Waals surface area contributed by atoms with E-state index in [-0.39, 0.29) is 17.6 Å². The van der Waals surface area contributed by atoms with E-state index in [1.807, 2.05) is 0 Å². The second-order valence-electron chi connectivity index (χ2n) is 3.74. The Kier molecular flexibility index (Phi) is 9.12. The molecule has 0 aliphatic carbocycles. The normalized spacial score (nSPS) is 12.5. The summed E-state index contributed by atoms with van der Waals surface area (Å²) >= 11 is 10.7. The Morgan fingerprint density at radius 1 is 1.07 bits per heavy atom. The molecule has 0 rings (SSSR count). The zero-order valence-electron chi connectivity index (χ0n) is 9.10. The average Bonchev–Trinajstić information content (AvgIpc) is 2.15. The molecule has 0 aliphatic rings. The number of carbonyl (C=O) groups excluding carboxylic acids is 2. The fourth-order valence-corrected chi connectivity index (χ4v) is 1.80. The molecular weight excluding hydrogens is 235 g/mol. The Bertz CT molecular complexity index is 205. The van der Waals surface area contributed by atoms with Gasteiger partial charge >= 0.3 is 0 Å². The van der Waals surface area contributed by atoms with Gasteiger partial charge in [0.15, 0.2) is 0 Å². The van der Waals surface area contributed by atoms with E-state index >= 15 is 0 Å². The van der Waals surface area contributed by atoms with Gasteiger partial charge in [-0.05, 0) is 36.0 Å². The highest BCUT2D eigenvalue weighted by Gasteiger charge is 2.16. The van der Waals surface area contributed by atoms with Crippen molar-refractivity contribution in [2.24, 2.45) is 5.92 Å². The van der Waals surface area contributed by atoms with Gasteiger partial charge < -0.3 is 0 Å². The number of carbonyl (C=O) groups is 2. The molecule has 0 bridgehead atoms. The molecule has 4 heteroatoms. The molecule has 0 aliphatic heterocycles. The summed E-state index contributed by atoms with van der Waals surface area (Å²) < 4.78 is 0. The third kappa shape index (κ3) is 8.88. The summed E-state index contributed by atoms with van der Waals surface area (Å²) in [5.74, 6) is -0.203. The van der Waals surface area contributed by atoms with E-state index < -0.39 is 5.24 Å². The third-order valence-corrected chi connectivity index (χ3v) is 2.91. The Labute approximate surface area is 101 Å². The van der Waals surface area contributed by atoms with E-state index in [4.69, 9.17) is 23.2 Å². The van der Waals surface area contributed by atoms with E-state index in [0.717, 1.165) is 19.3 Å². The highest BCUT2D eigenvalue weighted by molar-refractivity contribution is 6.64. The van der Waals surface area contributed by atoms with Crippen LogP contribution in [0.5, 0.6) is 0 Å². The lowest BCUT2D eigenvalue weighted by Crippen LogP contribution is -2.10. The first kappa shape index (κ1) is 14.9. The summed E-state index contributed by atoms with van der Waals surface area (Å²) in [6.45, 7) is 2.14. The van der Waals surface area contributed by atoms with E-state index in [2.05, 4.69) is 6.92 Å². The second kappa shape index (κ2) is 9.17. The van der Waals surface area contributed by atoms with E-state index in [1.165, 1.54) is 12.8 Å². The van der Waals surface area contributed by atoms with Gasteiger partial charge in [0.05, 0.1) is 0 Å². The minimum atomic E-state index is -0.397. The number of hydrogen-bond donors (Lipinski definition) is 0. The first-order chi connectivity index (χ1) is 7.07.